The van der Waals surface area contributed by atoms with Crippen LogP contribution in [0.5, 0.6) is 0 Å². The fourth-order valence-electron chi connectivity index (χ4n) is 2.35. The van der Waals surface area contributed by atoms with Crippen LogP contribution in [0.25, 0.3) is 0 Å². The standard InChI is InChI=1S/C13H18N6OS/c1-9-17-10(7-21-9)5-15-13(20)12-16-8-19(18-12)11-3-2-4-14-6-11/h7-8,11,14H,2-6H2,1H3,(H,15,20)/t11-/m1/s1. The summed E-state index contributed by atoms with van der Waals surface area (Å²) in [5.74, 6) is -0.0457. The van der Waals surface area contributed by atoms with E-state index in [1.54, 1.807) is 22.3 Å². The maximum Gasteiger partial charge on any atom is 0.291 e. The first-order valence-corrected chi connectivity index (χ1v) is 7.91. The normalized spacial score (nSPS) is 18.6. The second kappa shape index (κ2) is 6.31. The van der Waals surface area contributed by atoms with Gasteiger partial charge >= 0.3 is 0 Å². The summed E-state index contributed by atoms with van der Waals surface area (Å²) in [5, 5.41) is 13.3. The number of nitrogens with one attached hydrogen (secondary N) is 2. The van der Waals surface area contributed by atoms with Gasteiger partial charge in [-0.05, 0) is 26.3 Å². The van der Waals surface area contributed by atoms with Crippen LogP contribution in [0.15, 0.2) is 11.7 Å². The number of carbonyl (C=O) groups excluding carboxylic acids is 1. The molecule has 7 nitrogen and oxygen atoms in total. The van der Waals surface area contributed by atoms with Gasteiger partial charge in [0.05, 0.1) is 23.3 Å². The highest BCUT2D eigenvalue weighted by atomic mass is 32.1. The highest BCUT2D eigenvalue weighted by Crippen LogP contribution is 2.14. The number of aromatic nitrogens is 4. The van der Waals surface area contributed by atoms with Crippen LogP contribution >= 0.6 is 11.3 Å². The molecule has 0 saturated carbocycles. The Morgan fingerprint density at radius 1 is 1.62 bits per heavy atom. The van der Waals surface area contributed by atoms with E-state index in [0.29, 0.717) is 6.54 Å². The number of hydrogen-bond acceptors (Lipinski definition) is 6. The van der Waals surface area contributed by atoms with Crippen LogP contribution in [-0.4, -0.2) is 38.7 Å². The van der Waals surface area contributed by atoms with Gasteiger partial charge in [-0.15, -0.1) is 16.4 Å². The minimum Gasteiger partial charge on any atom is -0.344 e. The first-order valence-electron chi connectivity index (χ1n) is 7.03. The topological polar surface area (TPSA) is 84.7 Å². The Bertz CT molecular complexity index is 616. The summed E-state index contributed by atoms with van der Waals surface area (Å²) in [4.78, 5) is 20.4. The molecule has 2 aromatic rings. The van der Waals surface area contributed by atoms with Crippen molar-refractivity contribution in [2.24, 2.45) is 0 Å². The van der Waals surface area contributed by atoms with Crippen LogP contribution in [0, 0.1) is 6.92 Å². The van der Waals surface area contributed by atoms with E-state index in [9.17, 15) is 4.79 Å². The zero-order valence-corrected chi connectivity index (χ0v) is 12.7. The molecule has 112 valence electrons. The van der Waals surface area contributed by atoms with Gasteiger partial charge in [0.25, 0.3) is 5.91 Å². The molecule has 0 unspecified atom stereocenters. The van der Waals surface area contributed by atoms with Gasteiger partial charge in [0, 0.05) is 11.9 Å². The molecule has 3 heterocycles. The van der Waals surface area contributed by atoms with Gasteiger partial charge in [0.1, 0.15) is 6.33 Å². The molecule has 0 radical (unpaired) electrons. The van der Waals surface area contributed by atoms with Gasteiger partial charge in [-0.3, -0.25) is 4.79 Å². The van der Waals surface area contributed by atoms with E-state index >= 15 is 0 Å². The van der Waals surface area contributed by atoms with Gasteiger partial charge in [-0.25, -0.2) is 14.6 Å². The molecule has 0 aromatic carbocycles. The van der Waals surface area contributed by atoms with Crippen LogP contribution in [0.2, 0.25) is 0 Å². The van der Waals surface area contributed by atoms with E-state index < -0.39 is 0 Å². The summed E-state index contributed by atoms with van der Waals surface area (Å²) < 4.78 is 1.79. The lowest BCUT2D eigenvalue weighted by atomic mass is 10.1. The van der Waals surface area contributed by atoms with Crippen LogP contribution in [0.1, 0.15) is 40.2 Å². The number of rotatable bonds is 4. The predicted octanol–water partition coefficient (Wildman–Crippen LogP) is 0.898. The lowest BCUT2D eigenvalue weighted by molar-refractivity contribution is 0.0939. The minimum atomic E-state index is -0.261. The van der Waals surface area contributed by atoms with Gasteiger partial charge in [-0.2, -0.15) is 0 Å². The number of aryl methyl sites for hydroxylation is 1. The molecule has 1 atom stereocenters. The van der Waals surface area contributed by atoms with Crippen LogP contribution in [-0.2, 0) is 6.54 Å². The molecule has 2 aromatic heterocycles. The van der Waals surface area contributed by atoms with Crippen LogP contribution < -0.4 is 10.6 Å². The summed E-state index contributed by atoms with van der Waals surface area (Å²) in [7, 11) is 0. The monoisotopic (exact) mass is 306 g/mol. The molecule has 8 heteroatoms. The van der Waals surface area contributed by atoms with E-state index in [1.807, 2.05) is 12.3 Å². The smallest absolute Gasteiger partial charge is 0.291 e. The van der Waals surface area contributed by atoms with E-state index in [1.165, 1.54) is 0 Å². The van der Waals surface area contributed by atoms with E-state index in [2.05, 4.69) is 25.7 Å². The first-order chi connectivity index (χ1) is 10.2. The summed E-state index contributed by atoms with van der Waals surface area (Å²) >= 11 is 1.57. The maximum atomic E-state index is 12.0. The lowest BCUT2D eigenvalue weighted by Gasteiger charge is -2.22. The Balaban J connectivity index is 1.58. The Hall–Kier alpha value is -1.80. The van der Waals surface area contributed by atoms with Crippen molar-refractivity contribution >= 4 is 17.2 Å². The summed E-state index contributed by atoms with van der Waals surface area (Å²) in [6.45, 7) is 4.27. The average molecular weight is 306 g/mol. The third-order valence-corrected chi connectivity index (χ3v) is 4.28. The molecular formula is C13H18N6OS. The Morgan fingerprint density at radius 2 is 2.52 bits per heavy atom. The lowest BCUT2D eigenvalue weighted by Crippen LogP contribution is -2.32. The Kier molecular flexibility index (Phi) is 4.26. The molecule has 0 bridgehead atoms. The van der Waals surface area contributed by atoms with Crippen LogP contribution in [0.4, 0.5) is 0 Å². The zero-order chi connectivity index (χ0) is 14.7. The third kappa shape index (κ3) is 3.45. The SMILES string of the molecule is Cc1nc(CNC(=O)c2ncn([C@@H]3CCCNC3)n2)cs1. The molecule has 1 amide bonds. The summed E-state index contributed by atoms with van der Waals surface area (Å²) in [6, 6.07) is 0.286. The van der Waals surface area contributed by atoms with Crippen molar-refractivity contribution in [2.75, 3.05) is 13.1 Å². The van der Waals surface area contributed by atoms with E-state index in [0.717, 1.165) is 36.6 Å². The molecule has 1 aliphatic rings. The number of amides is 1. The molecule has 2 N–H and O–H groups in total. The average Bonchev–Trinajstić information content (AvgIpc) is 3.15. The molecular weight excluding hydrogens is 288 g/mol. The Labute approximate surface area is 126 Å². The fraction of sp³-hybridized carbons (Fsp3) is 0.538. The molecule has 1 aliphatic heterocycles. The molecule has 0 aliphatic carbocycles. The van der Waals surface area contributed by atoms with Crippen molar-refractivity contribution < 1.29 is 4.79 Å². The largest absolute Gasteiger partial charge is 0.344 e. The van der Waals surface area contributed by atoms with Crippen molar-refractivity contribution in [2.45, 2.75) is 32.4 Å². The fourth-order valence-corrected chi connectivity index (χ4v) is 2.97. The van der Waals surface area contributed by atoms with Crippen molar-refractivity contribution in [3.05, 3.63) is 28.2 Å². The Morgan fingerprint density at radius 3 is 3.24 bits per heavy atom. The van der Waals surface area contributed by atoms with Crippen LogP contribution in [0.3, 0.4) is 0 Å². The minimum absolute atomic E-state index is 0.215. The number of thiazole rings is 1. The first kappa shape index (κ1) is 14.2. The maximum absolute atomic E-state index is 12.0. The number of carbonyl (C=O) groups is 1. The van der Waals surface area contributed by atoms with Crippen molar-refractivity contribution in [1.82, 2.24) is 30.4 Å². The quantitative estimate of drug-likeness (QED) is 0.876. The zero-order valence-electron chi connectivity index (χ0n) is 11.9. The molecule has 21 heavy (non-hydrogen) atoms. The molecule has 1 fully saturated rings. The third-order valence-electron chi connectivity index (χ3n) is 3.45. The van der Waals surface area contributed by atoms with Gasteiger partial charge in [0.2, 0.25) is 5.82 Å². The highest BCUT2D eigenvalue weighted by molar-refractivity contribution is 7.09. The molecule has 3 rings (SSSR count). The van der Waals surface area contributed by atoms with Gasteiger partial charge < -0.3 is 10.6 Å². The van der Waals surface area contributed by atoms with Gasteiger partial charge in [-0.1, -0.05) is 0 Å². The number of nitrogens with zero attached hydrogens (tertiary/aromatic N) is 4. The number of hydrogen-bond donors (Lipinski definition) is 2. The summed E-state index contributed by atoms with van der Waals surface area (Å²) in [5.41, 5.74) is 0.863. The van der Waals surface area contributed by atoms with E-state index in [4.69, 9.17) is 0 Å². The van der Waals surface area contributed by atoms with Crippen molar-refractivity contribution in [1.29, 1.82) is 0 Å². The molecule has 0 spiro atoms. The van der Waals surface area contributed by atoms with Crippen molar-refractivity contribution in [3.8, 4) is 0 Å². The van der Waals surface area contributed by atoms with Crippen molar-refractivity contribution in [3.63, 3.8) is 0 Å². The van der Waals surface area contributed by atoms with E-state index in [-0.39, 0.29) is 17.8 Å². The summed E-state index contributed by atoms with van der Waals surface area (Å²) in [6.07, 6.45) is 3.82. The second-order valence-corrected chi connectivity index (χ2v) is 6.15. The number of piperidine rings is 1. The van der Waals surface area contributed by atoms with Gasteiger partial charge in [0.15, 0.2) is 0 Å². The highest BCUT2D eigenvalue weighted by Gasteiger charge is 2.18. The predicted molar refractivity (Wildman–Crippen MR) is 79.2 cm³/mol. The second-order valence-electron chi connectivity index (χ2n) is 5.09. The molecule has 1 saturated heterocycles.